The Morgan fingerprint density at radius 1 is 1.08 bits per heavy atom. The minimum atomic E-state index is 0.563. The summed E-state index contributed by atoms with van der Waals surface area (Å²) in [5, 5.41) is 7.09. The van der Waals surface area contributed by atoms with Gasteiger partial charge in [-0.3, -0.25) is 9.89 Å². The molecule has 0 amide bonds. The predicted octanol–water partition coefficient (Wildman–Crippen LogP) is 3.31. The first-order chi connectivity index (χ1) is 12.5. The van der Waals surface area contributed by atoms with Gasteiger partial charge in [0.1, 0.15) is 0 Å². The van der Waals surface area contributed by atoms with Gasteiger partial charge in [-0.1, -0.05) is 13.3 Å². The lowest BCUT2D eigenvalue weighted by Crippen LogP contribution is -2.48. The van der Waals surface area contributed by atoms with Crippen LogP contribution in [0.15, 0.2) is 4.99 Å². The van der Waals surface area contributed by atoms with Gasteiger partial charge in [0.2, 0.25) is 0 Å². The maximum absolute atomic E-state index is 4.82. The number of nitrogens with zero attached hydrogens (tertiary/aromatic N) is 3. The summed E-state index contributed by atoms with van der Waals surface area (Å²) in [4.78, 5) is 9.97. The van der Waals surface area contributed by atoms with Crippen molar-refractivity contribution in [2.75, 3.05) is 39.3 Å². The van der Waals surface area contributed by atoms with E-state index in [1.165, 1.54) is 45.3 Å². The zero-order valence-electron chi connectivity index (χ0n) is 18.4. The minimum absolute atomic E-state index is 0.563. The van der Waals surface area contributed by atoms with E-state index >= 15 is 0 Å². The first kappa shape index (κ1) is 23.2. The van der Waals surface area contributed by atoms with Gasteiger partial charge in [0.25, 0.3) is 0 Å². The second-order valence-electron chi connectivity index (χ2n) is 8.15. The molecule has 0 aromatic heterocycles. The second kappa shape index (κ2) is 13.4. The van der Waals surface area contributed by atoms with Crippen molar-refractivity contribution in [2.45, 2.75) is 91.8 Å². The van der Waals surface area contributed by atoms with Crippen molar-refractivity contribution in [3.05, 3.63) is 0 Å². The molecule has 0 unspecified atom stereocenters. The Morgan fingerprint density at radius 3 is 2.27 bits per heavy atom. The molecule has 26 heavy (non-hydrogen) atoms. The zero-order chi connectivity index (χ0) is 19.4. The number of hydrogen-bond acceptors (Lipinski definition) is 3. The molecule has 0 aliphatic carbocycles. The molecule has 0 bridgehead atoms. The Kier molecular flexibility index (Phi) is 11.9. The van der Waals surface area contributed by atoms with Crippen molar-refractivity contribution in [1.82, 2.24) is 20.4 Å². The van der Waals surface area contributed by atoms with Crippen molar-refractivity contribution in [2.24, 2.45) is 4.99 Å². The average molecular weight is 368 g/mol. The van der Waals surface area contributed by atoms with Crippen LogP contribution in [0.25, 0.3) is 0 Å². The maximum atomic E-state index is 4.82. The minimum Gasteiger partial charge on any atom is -0.357 e. The SMILES string of the molecule is CCCCN1CCC(NC(=NCCCN(C(C)C)C(C)C)NCC)CC1. The molecule has 1 saturated heterocycles. The number of nitrogens with one attached hydrogen (secondary N) is 2. The summed E-state index contributed by atoms with van der Waals surface area (Å²) in [6.45, 7) is 20.2. The standard InChI is InChI=1S/C21H45N5/c1-7-9-14-25-16-11-20(12-17-25)24-21(22-8-2)23-13-10-15-26(18(3)4)19(5)6/h18-20H,7-17H2,1-6H3,(H2,22,23,24). The van der Waals surface area contributed by atoms with Gasteiger partial charge in [-0.25, -0.2) is 0 Å². The van der Waals surface area contributed by atoms with Crippen molar-refractivity contribution in [3.8, 4) is 0 Å². The van der Waals surface area contributed by atoms with Gasteiger partial charge < -0.3 is 15.5 Å². The Morgan fingerprint density at radius 2 is 1.73 bits per heavy atom. The van der Waals surface area contributed by atoms with Gasteiger partial charge >= 0.3 is 0 Å². The summed E-state index contributed by atoms with van der Waals surface area (Å²) in [6, 6.07) is 1.76. The van der Waals surface area contributed by atoms with Crippen LogP contribution in [-0.4, -0.2) is 73.2 Å². The van der Waals surface area contributed by atoms with Crippen LogP contribution in [0, 0.1) is 0 Å². The molecule has 1 aliphatic rings. The van der Waals surface area contributed by atoms with Crippen LogP contribution in [0.2, 0.25) is 0 Å². The monoisotopic (exact) mass is 367 g/mol. The molecule has 0 aromatic carbocycles. The number of rotatable bonds is 11. The van der Waals surface area contributed by atoms with Gasteiger partial charge in [0, 0.05) is 50.8 Å². The second-order valence-corrected chi connectivity index (χ2v) is 8.15. The molecular formula is C21H45N5. The van der Waals surface area contributed by atoms with Crippen LogP contribution >= 0.6 is 0 Å². The zero-order valence-corrected chi connectivity index (χ0v) is 18.4. The molecule has 0 radical (unpaired) electrons. The van der Waals surface area contributed by atoms with Gasteiger partial charge in [-0.15, -0.1) is 0 Å². The van der Waals surface area contributed by atoms with Crippen molar-refractivity contribution in [1.29, 1.82) is 0 Å². The van der Waals surface area contributed by atoms with E-state index in [9.17, 15) is 0 Å². The van der Waals surface area contributed by atoms with Crippen LogP contribution in [0.3, 0.4) is 0 Å². The fourth-order valence-corrected chi connectivity index (χ4v) is 3.75. The summed E-state index contributed by atoms with van der Waals surface area (Å²) >= 11 is 0. The highest BCUT2D eigenvalue weighted by Crippen LogP contribution is 2.11. The van der Waals surface area contributed by atoms with Crippen molar-refractivity contribution < 1.29 is 0 Å². The lowest BCUT2D eigenvalue weighted by Gasteiger charge is -2.33. The van der Waals surface area contributed by atoms with Gasteiger partial charge in [0.05, 0.1) is 0 Å². The van der Waals surface area contributed by atoms with E-state index in [0.29, 0.717) is 18.1 Å². The molecule has 5 heteroatoms. The smallest absolute Gasteiger partial charge is 0.191 e. The van der Waals surface area contributed by atoms with Gasteiger partial charge in [-0.2, -0.15) is 0 Å². The molecule has 1 aliphatic heterocycles. The van der Waals surface area contributed by atoms with Crippen LogP contribution in [0.1, 0.15) is 73.6 Å². The van der Waals surface area contributed by atoms with E-state index in [1.54, 1.807) is 0 Å². The van der Waals surface area contributed by atoms with Crippen molar-refractivity contribution >= 4 is 5.96 Å². The Labute approximate surface area is 163 Å². The largest absolute Gasteiger partial charge is 0.357 e. The molecule has 1 fully saturated rings. The first-order valence-corrected chi connectivity index (χ1v) is 11.0. The summed E-state index contributed by atoms with van der Waals surface area (Å²) in [5.74, 6) is 1.00. The normalized spacial score (nSPS) is 17.5. The van der Waals surface area contributed by atoms with E-state index in [4.69, 9.17) is 4.99 Å². The van der Waals surface area contributed by atoms with Crippen LogP contribution in [0.5, 0.6) is 0 Å². The highest BCUT2D eigenvalue weighted by atomic mass is 15.2. The number of aliphatic imine (C=N–C) groups is 1. The quantitative estimate of drug-likeness (QED) is 0.334. The Bertz CT molecular complexity index is 365. The highest BCUT2D eigenvalue weighted by Gasteiger charge is 2.19. The van der Waals surface area contributed by atoms with E-state index in [-0.39, 0.29) is 0 Å². The van der Waals surface area contributed by atoms with Crippen LogP contribution < -0.4 is 10.6 Å². The highest BCUT2D eigenvalue weighted by molar-refractivity contribution is 5.80. The predicted molar refractivity (Wildman–Crippen MR) is 115 cm³/mol. The molecule has 0 spiro atoms. The Balaban J connectivity index is 2.37. The lowest BCUT2D eigenvalue weighted by molar-refractivity contribution is 0.174. The molecule has 2 N–H and O–H groups in total. The lowest BCUT2D eigenvalue weighted by atomic mass is 10.0. The van der Waals surface area contributed by atoms with E-state index in [0.717, 1.165) is 32.0 Å². The third kappa shape index (κ3) is 9.22. The van der Waals surface area contributed by atoms with Gasteiger partial charge in [0.15, 0.2) is 5.96 Å². The summed E-state index contributed by atoms with van der Waals surface area (Å²) in [6.07, 6.45) is 6.18. The number of guanidine groups is 1. The first-order valence-electron chi connectivity index (χ1n) is 11.0. The maximum Gasteiger partial charge on any atom is 0.191 e. The topological polar surface area (TPSA) is 42.9 Å². The number of piperidine rings is 1. The third-order valence-electron chi connectivity index (χ3n) is 5.27. The van der Waals surface area contributed by atoms with Crippen molar-refractivity contribution in [3.63, 3.8) is 0 Å². The summed E-state index contributed by atoms with van der Waals surface area (Å²) in [5.41, 5.74) is 0. The molecule has 0 saturated carbocycles. The molecule has 1 rings (SSSR count). The van der Waals surface area contributed by atoms with Crippen LogP contribution in [0.4, 0.5) is 0 Å². The molecule has 0 aromatic rings. The molecule has 1 heterocycles. The van der Waals surface area contributed by atoms with E-state index in [1.807, 2.05) is 0 Å². The summed E-state index contributed by atoms with van der Waals surface area (Å²) < 4.78 is 0. The van der Waals surface area contributed by atoms with E-state index < -0.39 is 0 Å². The van der Waals surface area contributed by atoms with E-state index in [2.05, 4.69) is 62.0 Å². The average Bonchev–Trinajstić information content (AvgIpc) is 2.60. The van der Waals surface area contributed by atoms with Crippen LogP contribution in [-0.2, 0) is 0 Å². The molecule has 5 nitrogen and oxygen atoms in total. The molecular weight excluding hydrogens is 322 g/mol. The Hall–Kier alpha value is -0.810. The summed E-state index contributed by atoms with van der Waals surface area (Å²) in [7, 11) is 0. The number of hydrogen-bond donors (Lipinski definition) is 2. The molecule has 154 valence electrons. The molecule has 0 atom stereocenters. The number of likely N-dealkylation sites (tertiary alicyclic amines) is 1. The fraction of sp³-hybridized carbons (Fsp3) is 0.952. The van der Waals surface area contributed by atoms with Gasteiger partial charge in [-0.05, 0) is 66.8 Å². The number of unbranched alkanes of at least 4 members (excludes halogenated alkanes) is 1. The third-order valence-corrected chi connectivity index (χ3v) is 5.27. The fourth-order valence-electron chi connectivity index (χ4n) is 3.75.